The van der Waals surface area contributed by atoms with Gasteiger partial charge in [-0.05, 0) is 12.8 Å². The lowest BCUT2D eigenvalue weighted by molar-refractivity contribution is -0.154. The molecular formula is C25H50O4. The summed E-state index contributed by atoms with van der Waals surface area (Å²) in [7, 11) is 0. The van der Waals surface area contributed by atoms with Crippen LogP contribution in [0.25, 0.3) is 0 Å². The summed E-state index contributed by atoms with van der Waals surface area (Å²) in [6.45, 7) is 5.02. The standard InChI is InChI=1S/C25H50O4/c1-3-5-6-7-8-9-10-11-12-13-14-15-16-17-18-19-21-28-23-24(22-26)29-25(27)20-4-2/h24,26H,3-23H2,1-2H3/t24-/m0/s1. The number of carbonyl (C=O) groups is 1. The van der Waals surface area contributed by atoms with Crippen LogP contribution in [-0.2, 0) is 14.3 Å². The molecule has 1 N–H and O–H groups in total. The fraction of sp³-hybridized carbons (Fsp3) is 0.960. The normalized spacial score (nSPS) is 12.2. The third-order valence-electron chi connectivity index (χ3n) is 5.40. The van der Waals surface area contributed by atoms with Crippen molar-refractivity contribution in [3.8, 4) is 0 Å². The van der Waals surface area contributed by atoms with E-state index in [0.717, 1.165) is 12.8 Å². The molecular weight excluding hydrogens is 364 g/mol. The molecule has 0 radical (unpaired) electrons. The van der Waals surface area contributed by atoms with Crippen molar-refractivity contribution in [3.63, 3.8) is 0 Å². The van der Waals surface area contributed by atoms with Crippen LogP contribution in [-0.4, -0.2) is 37.0 Å². The number of aliphatic hydroxyl groups is 1. The van der Waals surface area contributed by atoms with Crippen molar-refractivity contribution in [2.45, 2.75) is 136 Å². The van der Waals surface area contributed by atoms with Gasteiger partial charge in [0.15, 0.2) is 0 Å². The summed E-state index contributed by atoms with van der Waals surface area (Å²) < 4.78 is 10.7. The van der Waals surface area contributed by atoms with Crippen molar-refractivity contribution in [3.05, 3.63) is 0 Å². The lowest BCUT2D eigenvalue weighted by atomic mass is 10.0. The van der Waals surface area contributed by atoms with Gasteiger partial charge >= 0.3 is 5.97 Å². The Balaban J connectivity index is 3.22. The van der Waals surface area contributed by atoms with E-state index in [4.69, 9.17) is 9.47 Å². The molecule has 0 rings (SSSR count). The van der Waals surface area contributed by atoms with Gasteiger partial charge in [-0.1, -0.05) is 110 Å². The van der Waals surface area contributed by atoms with Crippen molar-refractivity contribution < 1.29 is 19.4 Å². The first-order valence-corrected chi connectivity index (χ1v) is 12.6. The topological polar surface area (TPSA) is 55.8 Å². The Morgan fingerprint density at radius 3 is 1.55 bits per heavy atom. The summed E-state index contributed by atoms with van der Waals surface area (Å²) in [4.78, 5) is 11.4. The Kier molecular flexibility index (Phi) is 23.2. The van der Waals surface area contributed by atoms with Crippen molar-refractivity contribution in [1.29, 1.82) is 0 Å². The number of carbonyl (C=O) groups excluding carboxylic acids is 1. The molecule has 0 saturated heterocycles. The van der Waals surface area contributed by atoms with Crippen LogP contribution in [0.4, 0.5) is 0 Å². The van der Waals surface area contributed by atoms with Crippen LogP contribution in [0, 0.1) is 0 Å². The molecule has 4 heteroatoms. The molecule has 0 heterocycles. The van der Waals surface area contributed by atoms with Crippen LogP contribution in [0.2, 0.25) is 0 Å². The molecule has 0 aliphatic rings. The van der Waals surface area contributed by atoms with Crippen molar-refractivity contribution >= 4 is 5.97 Å². The molecule has 174 valence electrons. The minimum absolute atomic E-state index is 0.172. The Morgan fingerprint density at radius 1 is 0.690 bits per heavy atom. The van der Waals surface area contributed by atoms with Gasteiger partial charge in [0, 0.05) is 13.0 Å². The number of ether oxygens (including phenoxy) is 2. The van der Waals surface area contributed by atoms with Gasteiger partial charge in [-0.3, -0.25) is 4.79 Å². The zero-order valence-corrected chi connectivity index (χ0v) is 19.6. The summed E-state index contributed by atoms with van der Waals surface area (Å²) in [6, 6.07) is 0. The van der Waals surface area contributed by atoms with E-state index in [-0.39, 0.29) is 12.6 Å². The molecule has 0 aliphatic carbocycles. The third-order valence-corrected chi connectivity index (χ3v) is 5.40. The van der Waals surface area contributed by atoms with Gasteiger partial charge in [0.25, 0.3) is 0 Å². The summed E-state index contributed by atoms with van der Waals surface area (Å²) in [5.74, 6) is -0.252. The number of rotatable bonds is 23. The maximum atomic E-state index is 11.4. The van der Waals surface area contributed by atoms with E-state index in [1.165, 1.54) is 96.3 Å². The number of unbranched alkanes of at least 4 members (excludes halogenated alkanes) is 15. The molecule has 29 heavy (non-hydrogen) atoms. The highest BCUT2D eigenvalue weighted by molar-refractivity contribution is 5.69. The van der Waals surface area contributed by atoms with Crippen molar-refractivity contribution in [1.82, 2.24) is 0 Å². The van der Waals surface area contributed by atoms with Gasteiger partial charge in [-0.2, -0.15) is 0 Å². The Labute approximate surface area is 181 Å². The lowest BCUT2D eigenvalue weighted by Gasteiger charge is -2.15. The second-order valence-electron chi connectivity index (χ2n) is 8.42. The minimum atomic E-state index is -0.518. The van der Waals surface area contributed by atoms with Gasteiger partial charge in [-0.25, -0.2) is 0 Å². The Morgan fingerprint density at radius 2 is 1.14 bits per heavy atom. The van der Waals surface area contributed by atoms with Crippen molar-refractivity contribution in [2.24, 2.45) is 0 Å². The molecule has 0 aromatic heterocycles. The lowest BCUT2D eigenvalue weighted by Crippen LogP contribution is -2.27. The zero-order chi connectivity index (χ0) is 21.4. The highest BCUT2D eigenvalue weighted by Crippen LogP contribution is 2.13. The zero-order valence-electron chi connectivity index (χ0n) is 19.6. The van der Waals surface area contributed by atoms with Crippen LogP contribution >= 0.6 is 0 Å². The average Bonchev–Trinajstić information content (AvgIpc) is 2.72. The summed E-state index contributed by atoms with van der Waals surface area (Å²) >= 11 is 0. The summed E-state index contributed by atoms with van der Waals surface area (Å²) in [5.41, 5.74) is 0. The first kappa shape index (κ1) is 28.4. The largest absolute Gasteiger partial charge is 0.457 e. The third kappa shape index (κ3) is 21.9. The van der Waals surface area contributed by atoms with E-state index in [1.54, 1.807) is 0 Å². The number of hydrogen-bond donors (Lipinski definition) is 1. The first-order valence-electron chi connectivity index (χ1n) is 12.6. The minimum Gasteiger partial charge on any atom is -0.457 e. The van der Waals surface area contributed by atoms with Gasteiger partial charge < -0.3 is 14.6 Å². The first-order chi connectivity index (χ1) is 14.2. The molecule has 0 spiro atoms. The van der Waals surface area contributed by atoms with Gasteiger partial charge in [0.2, 0.25) is 0 Å². The summed E-state index contributed by atoms with van der Waals surface area (Å²) in [6.07, 6.45) is 22.4. The second kappa shape index (κ2) is 23.7. The Hall–Kier alpha value is -0.610. The highest BCUT2D eigenvalue weighted by Gasteiger charge is 2.12. The molecule has 0 aliphatic heterocycles. The molecule has 1 atom stereocenters. The summed E-state index contributed by atoms with van der Waals surface area (Å²) in [5, 5.41) is 9.23. The highest BCUT2D eigenvalue weighted by atomic mass is 16.6. The van der Waals surface area contributed by atoms with E-state index >= 15 is 0 Å². The molecule has 0 saturated carbocycles. The predicted octanol–water partition coefficient (Wildman–Crippen LogP) is 6.97. The maximum Gasteiger partial charge on any atom is 0.306 e. The Bertz CT molecular complexity index is 333. The maximum absolute atomic E-state index is 11.4. The molecule has 0 fully saturated rings. The van der Waals surface area contributed by atoms with E-state index in [0.29, 0.717) is 19.6 Å². The average molecular weight is 415 g/mol. The SMILES string of the molecule is CCCCCCCCCCCCCCCCCCOC[C@H](CO)OC(=O)CCC. The molecule has 0 amide bonds. The van der Waals surface area contributed by atoms with Gasteiger partial charge in [-0.15, -0.1) is 0 Å². The van der Waals surface area contributed by atoms with E-state index in [2.05, 4.69) is 6.92 Å². The van der Waals surface area contributed by atoms with Gasteiger partial charge in [0.1, 0.15) is 6.10 Å². The van der Waals surface area contributed by atoms with Crippen LogP contribution in [0.5, 0.6) is 0 Å². The molecule has 0 aromatic rings. The smallest absolute Gasteiger partial charge is 0.306 e. The fourth-order valence-electron chi connectivity index (χ4n) is 3.54. The van der Waals surface area contributed by atoms with Crippen LogP contribution in [0.1, 0.15) is 129 Å². The van der Waals surface area contributed by atoms with E-state index < -0.39 is 6.10 Å². The second-order valence-corrected chi connectivity index (χ2v) is 8.42. The molecule has 0 bridgehead atoms. The van der Waals surface area contributed by atoms with Gasteiger partial charge in [0.05, 0.1) is 13.2 Å². The predicted molar refractivity (Wildman–Crippen MR) is 122 cm³/mol. The fourth-order valence-corrected chi connectivity index (χ4v) is 3.54. The van der Waals surface area contributed by atoms with Crippen molar-refractivity contribution in [2.75, 3.05) is 19.8 Å². The van der Waals surface area contributed by atoms with Crippen LogP contribution in [0.15, 0.2) is 0 Å². The molecule has 0 unspecified atom stereocenters. The molecule has 0 aromatic carbocycles. The number of esters is 1. The van der Waals surface area contributed by atoms with E-state index in [9.17, 15) is 9.90 Å². The quantitative estimate of drug-likeness (QED) is 0.145. The van der Waals surface area contributed by atoms with Crippen LogP contribution < -0.4 is 0 Å². The van der Waals surface area contributed by atoms with E-state index in [1.807, 2.05) is 6.92 Å². The monoisotopic (exact) mass is 414 g/mol. The van der Waals surface area contributed by atoms with Crippen LogP contribution in [0.3, 0.4) is 0 Å². The number of aliphatic hydroxyl groups excluding tert-OH is 1. The molecule has 4 nitrogen and oxygen atoms in total. The number of hydrogen-bond acceptors (Lipinski definition) is 4.